The topological polar surface area (TPSA) is 59.7 Å². The van der Waals surface area contributed by atoms with Crippen LogP contribution in [0.15, 0.2) is 53.7 Å². The second-order valence-electron chi connectivity index (χ2n) is 6.00. The quantitative estimate of drug-likeness (QED) is 0.739. The number of rotatable bonds is 3. The smallest absolute Gasteiger partial charge is 0.259 e. The zero-order valence-corrected chi connectivity index (χ0v) is 13.4. The third-order valence-corrected chi connectivity index (χ3v) is 4.29. The molecule has 6 heteroatoms. The van der Waals surface area contributed by atoms with E-state index in [1.54, 1.807) is 29.1 Å². The highest BCUT2D eigenvalue weighted by Crippen LogP contribution is 2.23. The van der Waals surface area contributed by atoms with Crippen molar-refractivity contribution in [3.8, 4) is 5.75 Å². The molecule has 3 aromatic heterocycles. The molecule has 6 nitrogen and oxygen atoms in total. The highest BCUT2D eigenvalue weighted by molar-refractivity contribution is 5.48. The van der Waals surface area contributed by atoms with E-state index in [1.807, 2.05) is 31.2 Å². The maximum Gasteiger partial charge on any atom is 0.259 e. The predicted octanol–water partition coefficient (Wildman–Crippen LogP) is 2.06. The first kappa shape index (κ1) is 14.7. The van der Waals surface area contributed by atoms with Gasteiger partial charge in [0.05, 0.1) is 6.54 Å². The predicted molar refractivity (Wildman–Crippen MR) is 91.7 cm³/mol. The minimum absolute atomic E-state index is 0.0649. The Hall–Kier alpha value is -2.89. The van der Waals surface area contributed by atoms with Crippen LogP contribution >= 0.6 is 0 Å². The van der Waals surface area contributed by atoms with E-state index < -0.39 is 0 Å². The summed E-state index contributed by atoms with van der Waals surface area (Å²) in [6.07, 6.45) is 6.25. The first-order valence-electron chi connectivity index (χ1n) is 8.01. The number of hydrogen-bond donors (Lipinski definition) is 0. The van der Waals surface area contributed by atoms with Crippen molar-refractivity contribution in [2.45, 2.75) is 19.4 Å². The van der Waals surface area contributed by atoms with Crippen molar-refractivity contribution in [2.24, 2.45) is 0 Å². The minimum atomic E-state index is -0.0649. The van der Waals surface area contributed by atoms with Gasteiger partial charge in [-0.2, -0.15) is 0 Å². The van der Waals surface area contributed by atoms with Gasteiger partial charge >= 0.3 is 0 Å². The Balaban J connectivity index is 1.55. The molecule has 122 valence electrons. The SMILES string of the molecule is Cc1cnccc1OC1CCN(c2cc(=O)n3ccccc3n2)C1. The summed E-state index contributed by atoms with van der Waals surface area (Å²) >= 11 is 0. The van der Waals surface area contributed by atoms with Crippen LogP contribution in [0.1, 0.15) is 12.0 Å². The molecule has 24 heavy (non-hydrogen) atoms. The Labute approximate surface area is 139 Å². The first-order valence-corrected chi connectivity index (χ1v) is 8.01. The molecule has 1 aliphatic rings. The first-order chi connectivity index (χ1) is 11.7. The van der Waals surface area contributed by atoms with Gasteiger partial charge in [0.15, 0.2) is 0 Å². The van der Waals surface area contributed by atoms with Crippen LogP contribution in [0.3, 0.4) is 0 Å². The monoisotopic (exact) mass is 322 g/mol. The normalized spacial score (nSPS) is 17.4. The van der Waals surface area contributed by atoms with E-state index in [1.165, 1.54) is 0 Å². The number of aromatic nitrogens is 3. The van der Waals surface area contributed by atoms with Crippen molar-refractivity contribution in [1.82, 2.24) is 14.4 Å². The highest BCUT2D eigenvalue weighted by Gasteiger charge is 2.26. The summed E-state index contributed by atoms with van der Waals surface area (Å²) < 4.78 is 7.63. The van der Waals surface area contributed by atoms with E-state index in [4.69, 9.17) is 4.74 Å². The fourth-order valence-corrected chi connectivity index (χ4v) is 3.01. The molecule has 1 saturated heterocycles. The largest absolute Gasteiger partial charge is 0.488 e. The minimum Gasteiger partial charge on any atom is -0.488 e. The lowest BCUT2D eigenvalue weighted by molar-refractivity contribution is 0.223. The lowest BCUT2D eigenvalue weighted by atomic mass is 10.2. The van der Waals surface area contributed by atoms with Crippen LogP contribution in [0.2, 0.25) is 0 Å². The number of pyridine rings is 2. The number of nitrogens with zero attached hydrogens (tertiary/aromatic N) is 4. The Kier molecular flexibility index (Phi) is 3.65. The number of anilines is 1. The van der Waals surface area contributed by atoms with Gasteiger partial charge in [0.1, 0.15) is 23.3 Å². The molecule has 0 radical (unpaired) electrons. The molecule has 1 aliphatic heterocycles. The zero-order valence-electron chi connectivity index (χ0n) is 13.4. The molecule has 1 unspecified atom stereocenters. The lowest BCUT2D eigenvalue weighted by Crippen LogP contribution is -2.27. The molecular weight excluding hydrogens is 304 g/mol. The third-order valence-electron chi connectivity index (χ3n) is 4.29. The maximum atomic E-state index is 12.2. The van der Waals surface area contributed by atoms with Gasteiger partial charge in [-0.15, -0.1) is 0 Å². The Morgan fingerprint density at radius 3 is 3.08 bits per heavy atom. The average molecular weight is 322 g/mol. The fourth-order valence-electron chi connectivity index (χ4n) is 3.01. The van der Waals surface area contributed by atoms with Gasteiger partial charge < -0.3 is 9.64 Å². The van der Waals surface area contributed by atoms with Crippen molar-refractivity contribution < 1.29 is 4.74 Å². The standard InChI is InChI=1S/C18H18N4O2/c1-13-11-19-7-5-15(13)24-14-6-9-21(12-14)17-10-18(23)22-8-3-2-4-16(22)20-17/h2-5,7-8,10-11,14H,6,9,12H2,1H3. The van der Waals surface area contributed by atoms with Crippen LogP contribution in [-0.2, 0) is 0 Å². The van der Waals surface area contributed by atoms with E-state index >= 15 is 0 Å². The molecule has 0 bridgehead atoms. The summed E-state index contributed by atoms with van der Waals surface area (Å²) in [7, 11) is 0. The molecule has 0 aliphatic carbocycles. The van der Waals surface area contributed by atoms with Gasteiger partial charge in [0.2, 0.25) is 0 Å². The van der Waals surface area contributed by atoms with Crippen LogP contribution in [-0.4, -0.2) is 33.6 Å². The molecule has 0 N–H and O–H groups in total. The second kappa shape index (κ2) is 5.96. The van der Waals surface area contributed by atoms with Crippen LogP contribution in [0.5, 0.6) is 5.75 Å². The molecule has 0 aromatic carbocycles. The summed E-state index contributed by atoms with van der Waals surface area (Å²) in [6.45, 7) is 3.53. The molecule has 1 atom stereocenters. The van der Waals surface area contributed by atoms with Crippen molar-refractivity contribution in [3.05, 3.63) is 64.8 Å². The van der Waals surface area contributed by atoms with Crippen LogP contribution in [0.25, 0.3) is 5.65 Å². The molecular formula is C18H18N4O2. The number of hydrogen-bond acceptors (Lipinski definition) is 5. The van der Waals surface area contributed by atoms with E-state index in [2.05, 4.69) is 14.9 Å². The Morgan fingerprint density at radius 1 is 1.29 bits per heavy atom. The highest BCUT2D eigenvalue weighted by atomic mass is 16.5. The van der Waals surface area contributed by atoms with Gasteiger partial charge in [-0.1, -0.05) is 6.07 Å². The molecule has 0 amide bonds. The number of fused-ring (bicyclic) bond motifs is 1. The van der Waals surface area contributed by atoms with Crippen LogP contribution in [0, 0.1) is 6.92 Å². The van der Waals surface area contributed by atoms with Gasteiger partial charge in [0.25, 0.3) is 5.56 Å². The van der Waals surface area contributed by atoms with E-state index in [0.29, 0.717) is 11.5 Å². The summed E-state index contributed by atoms with van der Waals surface area (Å²) in [5.74, 6) is 1.58. The molecule has 4 rings (SSSR count). The van der Waals surface area contributed by atoms with Crippen molar-refractivity contribution in [3.63, 3.8) is 0 Å². The van der Waals surface area contributed by atoms with Gasteiger partial charge in [0, 0.05) is 43.2 Å². The van der Waals surface area contributed by atoms with Gasteiger partial charge in [-0.25, -0.2) is 4.98 Å². The average Bonchev–Trinajstić information content (AvgIpc) is 3.06. The summed E-state index contributed by atoms with van der Waals surface area (Å²) in [4.78, 5) is 23.0. The lowest BCUT2D eigenvalue weighted by Gasteiger charge is -2.19. The summed E-state index contributed by atoms with van der Waals surface area (Å²) in [6, 6.07) is 9.03. The molecule has 3 aromatic rings. The zero-order chi connectivity index (χ0) is 16.5. The fraction of sp³-hybridized carbons (Fsp3) is 0.278. The maximum absolute atomic E-state index is 12.2. The van der Waals surface area contributed by atoms with Crippen LogP contribution in [0.4, 0.5) is 5.82 Å². The molecule has 4 heterocycles. The van der Waals surface area contributed by atoms with Gasteiger partial charge in [-0.05, 0) is 25.1 Å². The third kappa shape index (κ3) is 2.71. The molecule has 1 fully saturated rings. The molecule has 0 spiro atoms. The molecule has 0 saturated carbocycles. The van der Waals surface area contributed by atoms with Crippen molar-refractivity contribution in [2.75, 3.05) is 18.0 Å². The van der Waals surface area contributed by atoms with E-state index in [0.717, 1.165) is 30.8 Å². The van der Waals surface area contributed by atoms with Crippen LogP contribution < -0.4 is 15.2 Å². The van der Waals surface area contributed by atoms with E-state index in [9.17, 15) is 4.79 Å². The second-order valence-corrected chi connectivity index (χ2v) is 6.00. The van der Waals surface area contributed by atoms with Crippen molar-refractivity contribution >= 4 is 11.5 Å². The van der Waals surface area contributed by atoms with Gasteiger partial charge in [-0.3, -0.25) is 14.2 Å². The van der Waals surface area contributed by atoms with E-state index in [-0.39, 0.29) is 11.7 Å². The number of aryl methyl sites for hydroxylation is 1. The summed E-state index contributed by atoms with van der Waals surface area (Å²) in [5.41, 5.74) is 1.62. The number of ether oxygens (including phenoxy) is 1. The Morgan fingerprint density at radius 2 is 2.21 bits per heavy atom. The van der Waals surface area contributed by atoms with Crippen molar-refractivity contribution in [1.29, 1.82) is 0 Å². The summed E-state index contributed by atoms with van der Waals surface area (Å²) in [5, 5.41) is 0. The Bertz CT molecular complexity index is 937.